The van der Waals surface area contributed by atoms with Crippen molar-refractivity contribution in [3.05, 3.63) is 46.9 Å². The highest BCUT2D eigenvalue weighted by molar-refractivity contribution is 5.66. The van der Waals surface area contributed by atoms with Gasteiger partial charge in [-0.05, 0) is 47.9 Å². The van der Waals surface area contributed by atoms with E-state index in [4.69, 9.17) is 0 Å². The number of rotatable bonds is 8. The van der Waals surface area contributed by atoms with Gasteiger partial charge in [-0.2, -0.15) is 0 Å². The molecule has 19 heavy (non-hydrogen) atoms. The standard InChI is InChI=1S/C19H27/c1-3-5-7-10-16-14-18-12-9-13-19(18)15-17(16)11-8-6-4-2/h9,12-15H,3-8,10-11H2,1-2H3. The summed E-state index contributed by atoms with van der Waals surface area (Å²) in [6.45, 7) is 4.56. The van der Waals surface area contributed by atoms with Gasteiger partial charge in [0, 0.05) is 6.42 Å². The van der Waals surface area contributed by atoms with Crippen molar-refractivity contribution in [1.29, 1.82) is 0 Å². The quantitative estimate of drug-likeness (QED) is 0.520. The lowest BCUT2D eigenvalue weighted by Gasteiger charge is -2.12. The fourth-order valence-electron chi connectivity index (χ4n) is 2.87. The van der Waals surface area contributed by atoms with E-state index in [2.05, 4.69) is 44.6 Å². The summed E-state index contributed by atoms with van der Waals surface area (Å²) < 4.78 is 0. The maximum absolute atomic E-state index is 2.44. The first kappa shape index (κ1) is 14.4. The number of hydrogen-bond acceptors (Lipinski definition) is 0. The Morgan fingerprint density at radius 2 is 1.32 bits per heavy atom. The summed E-state index contributed by atoms with van der Waals surface area (Å²) in [5, 5.41) is 0. The lowest BCUT2D eigenvalue weighted by molar-refractivity contribution is 0.693. The molecule has 1 aliphatic rings. The summed E-state index contributed by atoms with van der Waals surface area (Å²) in [5.74, 6) is 0. The smallest absolute Gasteiger partial charge is 0.0131 e. The summed E-state index contributed by atoms with van der Waals surface area (Å²) in [5.41, 5.74) is 6.04. The Morgan fingerprint density at radius 1 is 0.737 bits per heavy atom. The van der Waals surface area contributed by atoms with E-state index in [1.165, 1.54) is 62.5 Å². The van der Waals surface area contributed by atoms with Crippen LogP contribution in [0.5, 0.6) is 0 Å². The van der Waals surface area contributed by atoms with Crippen LogP contribution in [0.1, 0.15) is 74.6 Å². The molecule has 1 aromatic rings. The highest BCUT2D eigenvalue weighted by Gasteiger charge is 2.11. The van der Waals surface area contributed by atoms with Crippen LogP contribution in [-0.4, -0.2) is 0 Å². The lowest BCUT2D eigenvalue weighted by atomic mass is 9.93. The summed E-state index contributed by atoms with van der Waals surface area (Å²) >= 11 is 0. The van der Waals surface area contributed by atoms with Crippen molar-refractivity contribution in [3.63, 3.8) is 0 Å². The second kappa shape index (κ2) is 7.53. The van der Waals surface area contributed by atoms with E-state index >= 15 is 0 Å². The molecule has 0 heterocycles. The molecule has 0 aromatic heterocycles. The second-order valence-corrected chi connectivity index (χ2v) is 5.69. The third-order valence-corrected chi connectivity index (χ3v) is 4.06. The van der Waals surface area contributed by atoms with Gasteiger partial charge in [0.1, 0.15) is 0 Å². The van der Waals surface area contributed by atoms with Gasteiger partial charge in [-0.1, -0.05) is 63.8 Å². The predicted molar refractivity (Wildman–Crippen MR) is 85.3 cm³/mol. The monoisotopic (exact) mass is 255 g/mol. The Labute approximate surface area is 118 Å². The van der Waals surface area contributed by atoms with Crippen molar-refractivity contribution in [2.24, 2.45) is 0 Å². The molecule has 0 unspecified atom stereocenters. The molecular weight excluding hydrogens is 228 g/mol. The SMILES string of the molecule is CCCCCc1cc2c(cc1CCCCC)C=C[CH]2. The van der Waals surface area contributed by atoms with Gasteiger partial charge >= 0.3 is 0 Å². The van der Waals surface area contributed by atoms with Crippen LogP contribution in [0, 0.1) is 6.42 Å². The summed E-state index contributed by atoms with van der Waals surface area (Å²) in [6, 6.07) is 4.87. The van der Waals surface area contributed by atoms with Gasteiger partial charge in [-0.25, -0.2) is 0 Å². The van der Waals surface area contributed by atoms with Crippen LogP contribution in [0.15, 0.2) is 18.2 Å². The average Bonchev–Trinajstić information content (AvgIpc) is 2.86. The molecule has 103 valence electrons. The normalized spacial score (nSPS) is 12.9. The van der Waals surface area contributed by atoms with E-state index in [0.29, 0.717) is 0 Å². The number of allylic oxidation sites excluding steroid dienone is 1. The Bertz CT molecular complexity index is 426. The van der Waals surface area contributed by atoms with E-state index in [0.717, 1.165) is 0 Å². The average molecular weight is 255 g/mol. The van der Waals surface area contributed by atoms with E-state index < -0.39 is 0 Å². The second-order valence-electron chi connectivity index (χ2n) is 5.69. The molecule has 0 saturated carbocycles. The molecule has 0 nitrogen and oxygen atoms in total. The molecule has 0 spiro atoms. The number of aryl methyl sites for hydroxylation is 2. The Hall–Kier alpha value is -1.04. The fraction of sp³-hybridized carbons (Fsp3) is 0.526. The molecule has 1 aromatic carbocycles. The zero-order valence-corrected chi connectivity index (χ0v) is 12.5. The van der Waals surface area contributed by atoms with E-state index in [1.807, 2.05) is 0 Å². The first-order valence-corrected chi connectivity index (χ1v) is 8.02. The van der Waals surface area contributed by atoms with Gasteiger partial charge in [-0.15, -0.1) is 0 Å². The highest BCUT2D eigenvalue weighted by Crippen LogP contribution is 2.27. The fourth-order valence-corrected chi connectivity index (χ4v) is 2.87. The van der Waals surface area contributed by atoms with Crippen LogP contribution in [-0.2, 0) is 12.8 Å². The molecule has 0 heteroatoms. The van der Waals surface area contributed by atoms with Crippen molar-refractivity contribution < 1.29 is 0 Å². The van der Waals surface area contributed by atoms with Crippen molar-refractivity contribution >= 4 is 6.08 Å². The molecule has 0 atom stereocenters. The molecule has 0 saturated heterocycles. The van der Waals surface area contributed by atoms with E-state index in [9.17, 15) is 0 Å². The van der Waals surface area contributed by atoms with E-state index in [1.54, 1.807) is 11.1 Å². The first-order chi connectivity index (χ1) is 9.35. The Morgan fingerprint density at radius 3 is 1.89 bits per heavy atom. The molecule has 0 bridgehead atoms. The third-order valence-electron chi connectivity index (χ3n) is 4.06. The topological polar surface area (TPSA) is 0 Å². The number of fused-ring (bicyclic) bond motifs is 1. The molecular formula is C19H27. The van der Waals surface area contributed by atoms with Gasteiger partial charge in [0.25, 0.3) is 0 Å². The minimum Gasteiger partial charge on any atom is -0.0755 e. The number of benzene rings is 1. The zero-order valence-electron chi connectivity index (χ0n) is 12.5. The van der Waals surface area contributed by atoms with Crippen LogP contribution >= 0.6 is 0 Å². The van der Waals surface area contributed by atoms with E-state index in [-0.39, 0.29) is 0 Å². The lowest BCUT2D eigenvalue weighted by Crippen LogP contribution is -1.98. The van der Waals surface area contributed by atoms with Crippen LogP contribution in [0.2, 0.25) is 0 Å². The Balaban J connectivity index is 2.09. The highest BCUT2D eigenvalue weighted by atomic mass is 14.2. The molecule has 1 radical (unpaired) electrons. The molecule has 0 fully saturated rings. The Kier molecular flexibility index (Phi) is 5.69. The first-order valence-electron chi connectivity index (χ1n) is 8.02. The number of unbranched alkanes of at least 4 members (excludes halogenated alkanes) is 4. The van der Waals surface area contributed by atoms with Gasteiger partial charge < -0.3 is 0 Å². The zero-order chi connectivity index (χ0) is 13.5. The van der Waals surface area contributed by atoms with Crippen molar-refractivity contribution in [3.8, 4) is 0 Å². The van der Waals surface area contributed by atoms with Crippen LogP contribution in [0.3, 0.4) is 0 Å². The summed E-state index contributed by atoms with van der Waals surface area (Å²) in [4.78, 5) is 0. The van der Waals surface area contributed by atoms with Gasteiger partial charge in [0.05, 0.1) is 0 Å². The largest absolute Gasteiger partial charge is 0.0755 e. The van der Waals surface area contributed by atoms with Crippen molar-refractivity contribution in [2.45, 2.75) is 65.2 Å². The molecule has 1 aliphatic carbocycles. The van der Waals surface area contributed by atoms with Crippen molar-refractivity contribution in [1.82, 2.24) is 0 Å². The molecule has 0 amide bonds. The predicted octanol–water partition coefficient (Wildman–Crippen LogP) is 5.73. The van der Waals surface area contributed by atoms with Gasteiger partial charge in [0.15, 0.2) is 0 Å². The van der Waals surface area contributed by atoms with Crippen LogP contribution in [0.25, 0.3) is 6.08 Å². The van der Waals surface area contributed by atoms with Gasteiger partial charge in [-0.3, -0.25) is 0 Å². The number of hydrogen-bond donors (Lipinski definition) is 0. The third kappa shape index (κ3) is 3.96. The minimum atomic E-state index is 1.26. The maximum Gasteiger partial charge on any atom is 0.0131 e. The van der Waals surface area contributed by atoms with Crippen LogP contribution in [0.4, 0.5) is 0 Å². The van der Waals surface area contributed by atoms with Crippen LogP contribution < -0.4 is 0 Å². The molecule has 2 rings (SSSR count). The molecule has 0 N–H and O–H groups in total. The summed E-state index contributed by atoms with van der Waals surface area (Å²) in [7, 11) is 0. The van der Waals surface area contributed by atoms with Crippen molar-refractivity contribution in [2.75, 3.05) is 0 Å². The summed E-state index contributed by atoms with van der Waals surface area (Å²) in [6.07, 6.45) is 17.2. The maximum atomic E-state index is 2.44. The van der Waals surface area contributed by atoms with Gasteiger partial charge in [0.2, 0.25) is 0 Å². The minimum absolute atomic E-state index is 1.26. The molecule has 0 aliphatic heterocycles.